The zero-order valence-electron chi connectivity index (χ0n) is 15.1. The highest BCUT2D eigenvalue weighted by molar-refractivity contribution is 9.10. The molecule has 0 fully saturated rings. The number of methoxy groups -OCH3 is 1. The summed E-state index contributed by atoms with van der Waals surface area (Å²) < 4.78 is 5.79. The normalized spacial score (nSPS) is 11.5. The van der Waals surface area contributed by atoms with Crippen LogP contribution < -0.4 is 15.4 Å². The van der Waals surface area contributed by atoms with E-state index in [1.165, 1.54) is 11.3 Å². The molecule has 0 aliphatic carbocycles. The van der Waals surface area contributed by atoms with E-state index < -0.39 is 6.04 Å². The molecular weight excluding hydrogens is 444 g/mol. The van der Waals surface area contributed by atoms with Crippen LogP contribution in [0.5, 0.6) is 5.75 Å². The fourth-order valence-electron chi connectivity index (χ4n) is 2.32. The molecule has 1 unspecified atom stereocenters. The van der Waals surface area contributed by atoms with Crippen molar-refractivity contribution in [1.82, 2.24) is 15.5 Å². The molecule has 3 aromatic rings. The van der Waals surface area contributed by atoms with E-state index in [1.54, 1.807) is 32.2 Å². The molecule has 0 saturated heterocycles. The molecule has 2 aromatic carbocycles. The maximum absolute atomic E-state index is 12.4. The van der Waals surface area contributed by atoms with E-state index in [0.717, 1.165) is 11.3 Å². The van der Waals surface area contributed by atoms with Gasteiger partial charge in [0.15, 0.2) is 0 Å². The molecule has 9 heteroatoms. The summed E-state index contributed by atoms with van der Waals surface area (Å²) >= 11 is 4.57. The first-order valence-electron chi connectivity index (χ1n) is 8.32. The van der Waals surface area contributed by atoms with Gasteiger partial charge >= 0.3 is 0 Å². The van der Waals surface area contributed by atoms with Gasteiger partial charge in [0.1, 0.15) is 16.8 Å². The van der Waals surface area contributed by atoms with Gasteiger partial charge in [0, 0.05) is 10.0 Å². The highest BCUT2D eigenvalue weighted by Gasteiger charge is 2.19. The number of nitrogens with zero attached hydrogens (tertiary/aromatic N) is 2. The molecule has 0 spiro atoms. The van der Waals surface area contributed by atoms with Crippen LogP contribution in [0.1, 0.15) is 17.3 Å². The lowest BCUT2D eigenvalue weighted by atomic mass is 10.2. The Hall–Kier alpha value is -2.78. The Morgan fingerprint density at radius 1 is 1.11 bits per heavy atom. The molecule has 3 rings (SSSR count). The third kappa shape index (κ3) is 4.73. The van der Waals surface area contributed by atoms with Crippen molar-refractivity contribution in [1.29, 1.82) is 0 Å². The van der Waals surface area contributed by atoms with Gasteiger partial charge in [-0.3, -0.25) is 14.9 Å². The summed E-state index contributed by atoms with van der Waals surface area (Å²) in [5.41, 5.74) is 1.33. The summed E-state index contributed by atoms with van der Waals surface area (Å²) in [6.07, 6.45) is 0. The molecule has 2 amide bonds. The Labute approximate surface area is 174 Å². The second kappa shape index (κ2) is 8.94. The molecular formula is C19H17BrN4O3S. The Bertz CT molecular complexity index is 991. The summed E-state index contributed by atoms with van der Waals surface area (Å²) in [7, 11) is 1.60. The standard InChI is InChI=1S/C19H17BrN4O3S/c1-11(21-17(26)14-5-3-4-6-15(14)20)16(25)22-19-24-23-18(28-19)12-7-9-13(27-2)10-8-12/h3-11H,1-2H3,(H,21,26)(H,22,24,25). The maximum atomic E-state index is 12.4. The number of benzene rings is 2. The van der Waals surface area contributed by atoms with Crippen LogP contribution in [0.15, 0.2) is 53.0 Å². The fraction of sp³-hybridized carbons (Fsp3) is 0.158. The third-order valence-electron chi connectivity index (χ3n) is 3.85. The second-order valence-corrected chi connectivity index (χ2v) is 7.64. The first kappa shape index (κ1) is 20.0. The topological polar surface area (TPSA) is 93.2 Å². The zero-order valence-corrected chi connectivity index (χ0v) is 17.5. The summed E-state index contributed by atoms with van der Waals surface area (Å²) in [6.45, 7) is 1.61. The minimum Gasteiger partial charge on any atom is -0.497 e. The van der Waals surface area contributed by atoms with Gasteiger partial charge < -0.3 is 10.1 Å². The predicted octanol–water partition coefficient (Wildman–Crippen LogP) is 3.73. The van der Waals surface area contributed by atoms with E-state index in [1.807, 2.05) is 30.3 Å². The van der Waals surface area contributed by atoms with Gasteiger partial charge in [0.05, 0.1) is 12.7 Å². The highest BCUT2D eigenvalue weighted by atomic mass is 79.9. The van der Waals surface area contributed by atoms with Gasteiger partial charge in [-0.2, -0.15) is 0 Å². The molecule has 1 heterocycles. The van der Waals surface area contributed by atoms with Crippen molar-refractivity contribution in [3.8, 4) is 16.3 Å². The van der Waals surface area contributed by atoms with E-state index in [2.05, 4.69) is 36.8 Å². The fourth-order valence-corrected chi connectivity index (χ4v) is 3.54. The Balaban J connectivity index is 1.62. The first-order valence-corrected chi connectivity index (χ1v) is 9.93. The molecule has 0 aliphatic rings. The summed E-state index contributed by atoms with van der Waals surface area (Å²) in [5, 5.41) is 14.5. The molecule has 0 bridgehead atoms. The van der Waals surface area contributed by atoms with Crippen LogP contribution in [-0.4, -0.2) is 35.2 Å². The summed E-state index contributed by atoms with van der Waals surface area (Å²) in [5.74, 6) is 0.0283. The van der Waals surface area contributed by atoms with Crippen molar-refractivity contribution < 1.29 is 14.3 Å². The second-order valence-electron chi connectivity index (χ2n) is 5.81. The number of carbonyl (C=O) groups excluding carboxylic acids is 2. The quantitative estimate of drug-likeness (QED) is 0.584. The van der Waals surface area contributed by atoms with E-state index in [0.29, 0.717) is 20.2 Å². The zero-order chi connectivity index (χ0) is 20.1. The van der Waals surface area contributed by atoms with E-state index >= 15 is 0 Å². The molecule has 2 N–H and O–H groups in total. The van der Waals surface area contributed by atoms with Gasteiger partial charge in [0.25, 0.3) is 5.91 Å². The number of ether oxygens (including phenoxy) is 1. The van der Waals surface area contributed by atoms with Gasteiger partial charge in [-0.15, -0.1) is 10.2 Å². The van der Waals surface area contributed by atoms with Crippen LogP contribution in [0, 0.1) is 0 Å². The van der Waals surface area contributed by atoms with Crippen LogP contribution in [0.4, 0.5) is 5.13 Å². The van der Waals surface area contributed by atoms with Gasteiger partial charge in [0.2, 0.25) is 11.0 Å². The van der Waals surface area contributed by atoms with Crippen molar-refractivity contribution >= 4 is 44.2 Å². The Morgan fingerprint density at radius 2 is 1.82 bits per heavy atom. The van der Waals surface area contributed by atoms with Gasteiger partial charge in [-0.1, -0.05) is 23.5 Å². The van der Waals surface area contributed by atoms with Crippen LogP contribution >= 0.6 is 27.3 Å². The largest absolute Gasteiger partial charge is 0.497 e. The number of rotatable bonds is 6. The molecule has 0 aliphatic heterocycles. The number of amides is 2. The highest BCUT2D eigenvalue weighted by Crippen LogP contribution is 2.27. The number of halogens is 1. The van der Waals surface area contributed by atoms with Crippen LogP contribution in [-0.2, 0) is 4.79 Å². The number of nitrogens with one attached hydrogen (secondary N) is 2. The Morgan fingerprint density at radius 3 is 2.50 bits per heavy atom. The number of hydrogen-bond donors (Lipinski definition) is 2. The van der Waals surface area contributed by atoms with Crippen LogP contribution in [0.25, 0.3) is 10.6 Å². The predicted molar refractivity (Wildman–Crippen MR) is 112 cm³/mol. The first-order chi connectivity index (χ1) is 13.5. The van der Waals surface area contributed by atoms with E-state index in [-0.39, 0.29) is 11.8 Å². The minimum atomic E-state index is -0.743. The van der Waals surface area contributed by atoms with Crippen LogP contribution in [0.3, 0.4) is 0 Å². The van der Waals surface area contributed by atoms with Crippen molar-refractivity contribution in [2.45, 2.75) is 13.0 Å². The number of aromatic nitrogens is 2. The SMILES string of the molecule is COc1ccc(-c2nnc(NC(=O)C(C)NC(=O)c3ccccc3Br)s2)cc1. The average molecular weight is 461 g/mol. The smallest absolute Gasteiger partial charge is 0.253 e. The summed E-state index contributed by atoms with van der Waals surface area (Å²) in [6, 6.07) is 13.7. The van der Waals surface area contributed by atoms with Crippen molar-refractivity contribution in [3.05, 3.63) is 58.6 Å². The number of hydrogen-bond acceptors (Lipinski definition) is 6. The van der Waals surface area contributed by atoms with E-state index in [4.69, 9.17) is 4.74 Å². The lowest BCUT2D eigenvalue weighted by Gasteiger charge is -2.13. The van der Waals surface area contributed by atoms with Crippen molar-refractivity contribution in [2.24, 2.45) is 0 Å². The molecule has 7 nitrogen and oxygen atoms in total. The lowest BCUT2D eigenvalue weighted by Crippen LogP contribution is -2.41. The monoisotopic (exact) mass is 460 g/mol. The molecule has 1 atom stereocenters. The van der Waals surface area contributed by atoms with E-state index in [9.17, 15) is 9.59 Å². The molecule has 0 radical (unpaired) electrons. The molecule has 144 valence electrons. The number of anilines is 1. The molecule has 28 heavy (non-hydrogen) atoms. The lowest BCUT2D eigenvalue weighted by molar-refractivity contribution is -0.117. The average Bonchev–Trinajstić information content (AvgIpc) is 3.16. The van der Waals surface area contributed by atoms with Crippen molar-refractivity contribution in [3.63, 3.8) is 0 Å². The van der Waals surface area contributed by atoms with Gasteiger partial charge in [-0.05, 0) is 59.3 Å². The van der Waals surface area contributed by atoms with Crippen molar-refractivity contribution in [2.75, 3.05) is 12.4 Å². The maximum Gasteiger partial charge on any atom is 0.253 e. The number of carbonyl (C=O) groups is 2. The molecule has 0 saturated carbocycles. The molecule has 1 aromatic heterocycles. The summed E-state index contributed by atoms with van der Waals surface area (Å²) in [4.78, 5) is 24.7. The third-order valence-corrected chi connectivity index (χ3v) is 5.43. The van der Waals surface area contributed by atoms with Gasteiger partial charge in [-0.25, -0.2) is 0 Å². The minimum absolute atomic E-state index is 0.341. The van der Waals surface area contributed by atoms with Crippen LogP contribution in [0.2, 0.25) is 0 Å². The Kier molecular flexibility index (Phi) is 6.37.